The minimum Gasteiger partial charge on any atom is -0.497 e. The molecule has 1 aliphatic rings. The van der Waals surface area contributed by atoms with Crippen molar-refractivity contribution >= 4 is 11.5 Å². The Morgan fingerprint density at radius 3 is 2.28 bits per heavy atom. The van der Waals surface area contributed by atoms with Crippen molar-refractivity contribution < 1.29 is 9.53 Å². The molecule has 0 spiro atoms. The maximum absolute atomic E-state index is 12.6. The van der Waals surface area contributed by atoms with E-state index in [-0.39, 0.29) is 5.91 Å². The maximum atomic E-state index is 12.6. The topological polar surface area (TPSA) is 32.8 Å². The lowest BCUT2D eigenvalue weighted by molar-refractivity contribution is 0.0773. The third-order valence-electron chi connectivity index (χ3n) is 5.63. The minimum absolute atomic E-state index is 0.0885. The quantitative estimate of drug-likeness (QED) is 0.652. The van der Waals surface area contributed by atoms with Crippen molar-refractivity contribution in [3.05, 3.63) is 71.3 Å². The number of rotatable bonds is 8. The van der Waals surface area contributed by atoms with Gasteiger partial charge in [-0.2, -0.15) is 0 Å². The van der Waals surface area contributed by atoms with Gasteiger partial charge in [0.1, 0.15) is 5.75 Å². The summed E-state index contributed by atoms with van der Waals surface area (Å²) in [5, 5.41) is 0. The number of methoxy groups -OCH3 is 1. The van der Waals surface area contributed by atoms with E-state index in [9.17, 15) is 4.79 Å². The fourth-order valence-electron chi connectivity index (χ4n) is 3.86. The Hall–Kier alpha value is -2.59. The highest BCUT2D eigenvalue weighted by molar-refractivity contribution is 5.95. The van der Waals surface area contributed by atoms with Crippen molar-refractivity contribution in [2.24, 2.45) is 0 Å². The molecule has 1 amide bonds. The smallest absolute Gasteiger partial charge is 0.253 e. The van der Waals surface area contributed by atoms with Crippen molar-refractivity contribution in [3.63, 3.8) is 0 Å². The summed E-state index contributed by atoms with van der Waals surface area (Å²) in [6.45, 7) is 8.74. The lowest BCUT2D eigenvalue weighted by atomic mass is 9.96. The SMILES string of the molecule is CCN(CC)C(=O)c1ccc(/C(=C\CN2CCCC2)c2cccc(OC)c2)cc1. The lowest BCUT2D eigenvalue weighted by Gasteiger charge is -2.19. The molecule has 1 fully saturated rings. The van der Waals surface area contributed by atoms with Crippen LogP contribution in [0.15, 0.2) is 54.6 Å². The number of hydrogen-bond acceptors (Lipinski definition) is 3. The summed E-state index contributed by atoms with van der Waals surface area (Å²) in [7, 11) is 1.69. The van der Waals surface area contributed by atoms with Gasteiger partial charge < -0.3 is 9.64 Å². The summed E-state index contributed by atoms with van der Waals surface area (Å²) >= 11 is 0. The van der Waals surface area contributed by atoms with Crippen molar-refractivity contribution in [2.75, 3.05) is 39.8 Å². The molecule has 0 bridgehead atoms. The second-order valence-electron chi connectivity index (χ2n) is 7.41. The highest BCUT2D eigenvalue weighted by Crippen LogP contribution is 2.27. The molecule has 0 aromatic heterocycles. The van der Waals surface area contributed by atoms with Crippen molar-refractivity contribution in [2.45, 2.75) is 26.7 Å². The Labute approximate surface area is 174 Å². The lowest BCUT2D eigenvalue weighted by Crippen LogP contribution is -2.30. The number of likely N-dealkylation sites (tertiary alicyclic amines) is 1. The maximum Gasteiger partial charge on any atom is 0.253 e. The van der Waals surface area contributed by atoms with E-state index in [1.54, 1.807) is 7.11 Å². The van der Waals surface area contributed by atoms with Crippen LogP contribution in [0.2, 0.25) is 0 Å². The van der Waals surface area contributed by atoms with Crippen LogP contribution in [0.1, 0.15) is 48.2 Å². The van der Waals surface area contributed by atoms with Gasteiger partial charge in [0.05, 0.1) is 7.11 Å². The van der Waals surface area contributed by atoms with Crippen LogP contribution in [0.25, 0.3) is 5.57 Å². The number of ether oxygens (including phenoxy) is 1. The molecule has 4 nitrogen and oxygen atoms in total. The fraction of sp³-hybridized carbons (Fsp3) is 0.400. The molecule has 2 aromatic carbocycles. The molecular weight excluding hydrogens is 360 g/mol. The van der Waals surface area contributed by atoms with Crippen LogP contribution in [-0.4, -0.2) is 55.5 Å². The highest BCUT2D eigenvalue weighted by Gasteiger charge is 2.14. The van der Waals surface area contributed by atoms with Crippen LogP contribution < -0.4 is 4.74 Å². The first-order valence-corrected chi connectivity index (χ1v) is 10.6. The Morgan fingerprint density at radius 2 is 1.66 bits per heavy atom. The predicted octanol–water partition coefficient (Wildman–Crippen LogP) is 4.70. The van der Waals surface area contributed by atoms with Crippen LogP contribution >= 0.6 is 0 Å². The summed E-state index contributed by atoms with van der Waals surface area (Å²) in [5.41, 5.74) is 4.17. The summed E-state index contributed by atoms with van der Waals surface area (Å²) in [6, 6.07) is 16.2. The molecule has 1 aliphatic heterocycles. The third-order valence-corrected chi connectivity index (χ3v) is 5.63. The molecule has 2 aromatic rings. The van der Waals surface area contributed by atoms with E-state index in [0.29, 0.717) is 0 Å². The number of nitrogens with zero attached hydrogens (tertiary/aromatic N) is 2. The van der Waals surface area contributed by atoms with Gasteiger partial charge in [0, 0.05) is 25.2 Å². The van der Waals surface area contributed by atoms with Crippen molar-refractivity contribution in [3.8, 4) is 5.75 Å². The van der Waals surface area contributed by atoms with Gasteiger partial charge in [-0.05, 0) is 80.7 Å². The molecule has 0 saturated carbocycles. The largest absolute Gasteiger partial charge is 0.497 e. The van der Waals surface area contributed by atoms with Gasteiger partial charge >= 0.3 is 0 Å². The number of amides is 1. The molecular formula is C25H32N2O2. The predicted molar refractivity (Wildman–Crippen MR) is 119 cm³/mol. The zero-order valence-electron chi connectivity index (χ0n) is 17.9. The molecule has 0 radical (unpaired) electrons. The Morgan fingerprint density at radius 1 is 1.00 bits per heavy atom. The summed E-state index contributed by atoms with van der Waals surface area (Å²) in [5.74, 6) is 0.938. The molecule has 154 valence electrons. The van der Waals surface area contributed by atoms with E-state index in [2.05, 4.69) is 35.2 Å². The Kier molecular flexibility index (Phi) is 7.48. The van der Waals surface area contributed by atoms with Crippen molar-refractivity contribution in [1.29, 1.82) is 0 Å². The van der Waals surface area contributed by atoms with Crippen LogP contribution in [0, 0.1) is 0 Å². The van der Waals surface area contributed by atoms with Crippen molar-refractivity contribution in [1.82, 2.24) is 9.80 Å². The number of carbonyl (C=O) groups excluding carboxylic acids is 1. The number of benzene rings is 2. The van der Waals surface area contributed by atoms with E-state index >= 15 is 0 Å². The molecule has 0 N–H and O–H groups in total. The van der Waals surface area contributed by atoms with Gasteiger partial charge in [-0.1, -0.05) is 30.3 Å². The average molecular weight is 393 g/mol. The summed E-state index contributed by atoms with van der Waals surface area (Å²) in [6.07, 6.45) is 4.87. The molecule has 0 unspecified atom stereocenters. The monoisotopic (exact) mass is 392 g/mol. The van der Waals surface area contributed by atoms with Gasteiger partial charge in [-0.25, -0.2) is 0 Å². The number of carbonyl (C=O) groups is 1. The van der Waals surface area contributed by atoms with Gasteiger partial charge in [0.15, 0.2) is 0 Å². The highest BCUT2D eigenvalue weighted by atomic mass is 16.5. The zero-order valence-corrected chi connectivity index (χ0v) is 17.9. The molecule has 29 heavy (non-hydrogen) atoms. The standard InChI is InChI=1S/C25H32N2O2/c1-4-27(5-2)25(28)21-13-11-20(12-14-21)24(15-18-26-16-6-7-17-26)22-9-8-10-23(19-22)29-3/h8-15,19H,4-7,16-18H2,1-3H3/b24-15+. The van der Waals surface area contributed by atoms with Gasteiger partial charge in [-0.3, -0.25) is 9.69 Å². The second-order valence-corrected chi connectivity index (χ2v) is 7.41. The first-order chi connectivity index (χ1) is 14.2. The Balaban J connectivity index is 1.90. The number of hydrogen-bond donors (Lipinski definition) is 0. The minimum atomic E-state index is 0.0885. The third kappa shape index (κ3) is 5.27. The molecule has 0 atom stereocenters. The summed E-state index contributed by atoms with van der Waals surface area (Å²) < 4.78 is 5.43. The van der Waals surface area contributed by atoms with Crippen LogP contribution in [-0.2, 0) is 0 Å². The molecule has 1 saturated heterocycles. The summed E-state index contributed by atoms with van der Waals surface area (Å²) in [4.78, 5) is 17.0. The first-order valence-electron chi connectivity index (χ1n) is 10.6. The van der Waals surface area contributed by atoms with Gasteiger partial charge in [-0.15, -0.1) is 0 Å². The molecule has 4 heteroatoms. The second kappa shape index (κ2) is 10.3. The molecule has 1 heterocycles. The van der Waals surface area contributed by atoms with E-state index < -0.39 is 0 Å². The molecule has 0 aliphatic carbocycles. The van der Waals surface area contributed by atoms with Gasteiger partial charge in [0.25, 0.3) is 5.91 Å². The first kappa shape index (κ1) is 21.1. The molecule has 3 rings (SSSR count). The van der Waals surface area contributed by atoms with Gasteiger partial charge in [0.2, 0.25) is 0 Å². The average Bonchev–Trinajstić information content (AvgIpc) is 3.29. The normalized spacial score (nSPS) is 14.8. The van der Waals surface area contributed by atoms with E-state index in [4.69, 9.17) is 4.74 Å². The fourth-order valence-corrected chi connectivity index (χ4v) is 3.86. The zero-order chi connectivity index (χ0) is 20.6. The van der Waals surface area contributed by atoms with E-state index in [1.807, 2.05) is 43.0 Å². The van der Waals surface area contributed by atoms with E-state index in [0.717, 1.165) is 42.1 Å². The van der Waals surface area contributed by atoms with Crippen LogP contribution in [0.4, 0.5) is 0 Å². The van der Waals surface area contributed by atoms with E-state index in [1.165, 1.54) is 31.5 Å². The van der Waals surface area contributed by atoms with Crippen LogP contribution in [0.5, 0.6) is 5.75 Å². The Bertz CT molecular complexity index is 832. The van der Waals surface area contributed by atoms with Crippen LogP contribution in [0.3, 0.4) is 0 Å².